The molecule has 0 aliphatic heterocycles. The summed E-state index contributed by atoms with van der Waals surface area (Å²) >= 11 is 0. The van der Waals surface area contributed by atoms with Crippen molar-refractivity contribution in [2.75, 3.05) is 20.1 Å². The third-order valence-corrected chi connectivity index (χ3v) is 3.80. The molecule has 0 aliphatic carbocycles. The predicted octanol–water partition coefficient (Wildman–Crippen LogP) is 3.44. The van der Waals surface area contributed by atoms with E-state index in [0.29, 0.717) is 19.5 Å². The second-order valence-corrected chi connectivity index (χ2v) is 6.02. The molecule has 26 heavy (non-hydrogen) atoms. The summed E-state index contributed by atoms with van der Waals surface area (Å²) in [6, 6.07) is 16.3. The first kappa shape index (κ1) is 22.4. The van der Waals surface area contributed by atoms with Crippen LogP contribution in [0.25, 0.3) is 0 Å². The molecule has 0 fully saturated rings. The van der Waals surface area contributed by atoms with Crippen LogP contribution in [0.15, 0.2) is 59.6 Å². The average Bonchev–Trinajstić information content (AvgIpc) is 2.61. The van der Waals surface area contributed by atoms with Crippen LogP contribution in [-0.4, -0.2) is 42.2 Å². The first-order chi connectivity index (χ1) is 12.1. The Kier molecular flexibility index (Phi) is 10.2. The minimum Gasteiger partial charge on any atom is -0.391 e. The van der Waals surface area contributed by atoms with Crippen molar-refractivity contribution >= 4 is 29.9 Å². The van der Waals surface area contributed by atoms with Gasteiger partial charge in [0.15, 0.2) is 5.96 Å². The van der Waals surface area contributed by atoms with E-state index in [1.54, 1.807) is 12.1 Å². The molecule has 1 unspecified atom stereocenters. The van der Waals surface area contributed by atoms with E-state index >= 15 is 0 Å². The van der Waals surface area contributed by atoms with E-state index in [4.69, 9.17) is 0 Å². The van der Waals surface area contributed by atoms with Crippen LogP contribution in [0.3, 0.4) is 0 Å². The van der Waals surface area contributed by atoms with Gasteiger partial charge in [-0.3, -0.25) is 4.99 Å². The first-order valence-electron chi connectivity index (χ1n) is 8.54. The van der Waals surface area contributed by atoms with Gasteiger partial charge in [-0.25, -0.2) is 4.39 Å². The zero-order chi connectivity index (χ0) is 18.1. The maximum atomic E-state index is 13.0. The van der Waals surface area contributed by atoms with Crippen molar-refractivity contribution in [3.05, 3.63) is 71.5 Å². The molecular weight excluding hydrogens is 444 g/mol. The van der Waals surface area contributed by atoms with E-state index < -0.39 is 6.10 Å². The van der Waals surface area contributed by atoms with Crippen LogP contribution < -0.4 is 5.32 Å². The number of aliphatic hydroxyl groups excluding tert-OH is 1. The topological polar surface area (TPSA) is 47.9 Å². The van der Waals surface area contributed by atoms with Gasteiger partial charge >= 0.3 is 0 Å². The first-order valence-corrected chi connectivity index (χ1v) is 8.54. The number of aliphatic hydroxyl groups is 1. The highest BCUT2D eigenvalue weighted by Crippen LogP contribution is 2.07. The number of nitrogens with one attached hydrogen (secondary N) is 1. The van der Waals surface area contributed by atoms with Gasteiger partial charge in [0.1, 0.15) is 5.82 Å². The summed E-state index contributed by atoms with van der Waals surface area (Å²) < 4.78 is 13.0. The fraction of sp³-hybridized carbons (Fsp3) is 0.350. The molecule has 1 atom stereocenters. The summed E-state index contributed by atoms with van der Waals surface area (Å²) in [5, 5.41) is 13.5. The number of halogens is 2. The SMILES string of the molecule is CCNC(=NCC(O)Cc1ccccc1)N(C)Cc1ccc(F)cc1.I. The van der Waals surface area contributed by atoms with Crippen molar-refractivity contribution in [2.45, 2.75) is 26.0 Å². The highest BCUT2D eigenvalue weighted by Gasteiger charge is 2.09. The van der Waals surface area contributed by atoms with Crippen LogP contribution in [0.5, 0.6) is 0 Å². The summed E-state index contributed by atoms with van der Waals surface area (Å²) in [4.78, 5) is 6.49. The van der Waals surface area contributed by atoms with Crippen molar-refractivity contribution < 1.29 is 9.50 Å². The monoisotopic (exact) mass is 471 g/mol. The third kappa shape index (κ3) is 7.70. The Balaban J connectivity index is 0.00000338. The van der Waals surface area contributed by atoms with Crippen LogP contribution in [-0.2, 0) is 13.0 Å². The van der Waals surface area contributed by atoms with Crippen molar-refractivity contribution in [3.8, 4) is 0 Å². The van der Waals surface area contributed by atoms with E-state index in [-0.39, 0.29) is 29.8 Å². The van der Waals surface area contributed by atoms with Gasteiger partial charge in [0.25, 0.3) is 0 Å². The molecule has 6 heteroatoms. The number of hydrogen-bond donors (Lipinski definition) is 2. The molecule has 0 spiro atoms. The Hall–Kier alpha value is -1.67. The Labute approximate surface area is 172 Å². The van der Waals surface area contributed by atoms with Gasteiger partial charge in [-0.1, -0.05) is 42.5 Å². The van der Waals surface area contributed by atoms with Gasteiger partial charge < -0.3 is 15.3 Å². The molecule has 0 saturated carbocycles. The number of aliphatic imine (C=N–C) groups is 1. The minimum atomic E-state index is -0.532. The van der Waals surface area contributed by atoms with E-state index in [1.807, 2.05) is 49.2 Å². The molecular formula is C20H27FIN3O. The maximum Gasteiger partial charge on any atom is 0.194 e. The molecule has 2 aromatic rings. The lowest BCUT2D eigenvalue weighted by Crippen LogP contribution is -2.39. The number of benzene rings is 2. The molecule has 0 aliphatic rings. The van der Waals surface area contributed by atoms with Gasteiger partial charge in [-0.15, -0.1) is 24.0 Å². The molecule has 0 heterocycles. The molecule has 2 rings (SSSR count). The van der Waals surface area contributed by atoms with E-state index in [9.17, 15) is 9.50 Å². The minimum absolute atomic E-state index is 0. The largest absolute Gasteiger partial charge is 0.391 e. The third-order valence-electron chi connectivity index (χ3n) is 3.80. The summed E-state index contributed by atoms with van der Waals surface area (Å²) in [6.45, 7) is 3.68. The Morgan fingerprint density at radius 3 is 2.38 bits per heavy atom. The molecule has 2 N–H and O–H groups in total. The smallest absolute Gasteiger partial charge is 0.194 e. The fourth-order valence-corrected chi connectivity index (χ4v) is 2.55. The Morgan fingerprint density at radius 1 is 1.12 bits per heavy atom. The molecule has 0 saturated heterocycles. The number of hydrogen-bond acceptors (Lipinski definition) is 2. The van der Waals surface area contributed by atoms with Crippen LogP contribution in [0.4, 0.5) is 4.39 Å². The number of guanidine groups is 1. The predicted molar refractivity (Wildman–Crippen MR) is 115 cm³/mol. The van der Waals surface area contributed by atoms with E-state index in [2.05, 4.69) is 10.3 Å². The van der Waals surface area contributed by atoms with Crippen LogP contribution in [0, 0.1) is 5.82 Å². The van der Waals surface area contributed by atoms with Gasteiger partial charge in [-0.05, 0) is 30.2 Å². The van der Waals surface area contributed by atoms with E-state index in [0.717, 1.165) is 23.6 Å². The zero-order valence-electron chi connectivity index (χ0n) is 15.2. The van der Waals surface area contributed by atoms with Crippen molar-refractivity contribution in [1.29, 1.82) is 0 Å². The number of rotatable bonds is 7. The van der Waals surface area contributed by atoms with Gasteiger partial charge in [0, 0.05) is 26.6 Å². The normalized spacial score (nSPS) is 12.2. The van der Waals surface area contributed by atoms with Crippen LogP contribution >= 0.6 is 24.0 Å². The van der Waals surface area contributed by atoms with Crippen molar-refractivity contribution in [1.82, 2.24) is 10.2 Å². The Bertz CT molecular complexity index is 665. The van der Waals surface area contributed by atoms with Gasteiger partial charge in [-0.2, -0.15) is 0 Å². The molecule has 2 aromatic carbocycles. The van der Waals surface area contributed by atoms with Crippen LogP contribution in [0.1, 0.15) is 18.1 Å². The quantitative estimate of drug-likeness (QED) is 0.370. The van der Waals surface area contributed by atoms with Gasteiger partial charge in [0.05, 0.1) is 12.6 Å². The lowest BCUT2D eigenvalue weighted by molar-refractivity contribution is 0.183. The lowest BCUT2D eigenvalue weighted by Gasteiger charge is -2.22. The molecule has 0 bridgehead atoms. The van der Waals surface area contributed by atoms with E-state index in [1.165, 1.54) is 12.1 Å². The Morgan fingerprint density at radius 2 is 1.77 bits per heavy atom. The standard InChI is InChI=1S/C20H26FN3O.HI/c1-3-22-20(24(2)15-17-9-11-18(21)12-10-17)23-14-19(25)13-16-7-5-4-6-8-16;/h4-12,19,25H,3,13-15H2,1-2H3,(H,22,23);1H. The highest BCUT2D eigenvalue weighted by molar-refractivity contribution is 14.0. The summed E-state index contributed by atoms with van der Waals surface area (Å²) in [5.41, 5.74) is 2.09. The van der Waals surface area contributed by atoms with Crippen LogP contribution in [0.2, 0.25) is 0 Å². The second kappa shape index (κ2) is 11.9. The number of nitrogens with zero attached hydrogens (tertiary/aromatic N) is 2. The molecule has 4 nitrogen and oxygen atoms in total. The fourth-order valence-electron chi connectivity index (χ4n) is 2.55. The maximum absolute atomic E-state index is 13.0. The molecule has 142 valence electrons. The van der Waals surface area contributed by atoms with Crippen molar-refractivity contribution in [3.63, 3.8) is 0 Å². The highest BCUT2D eigenvalue weighted by atomic mass is 127. The lowest BCUT2D eigenvalue weighted by atomic mass is 10.1. The zero-order valence-corrected chi connectivity index (χ0v) is 17.6. The average molecular weight is 471 g/mol. The summed E-state index contributed by atoms with van der Waals surface area (Å²) in [7, 11) is 1.93. The second-order valence-electron chi connectivity index (χ2n) is 6.02. The van der Waals surface area contributed by atoms with Gasteiger partial charge in [0.2, 0.25) is 0 Å². The summed E-state index contributed by atoms with van der Waals surface area (Å²) in [6.07, 6.45) is 0.0427. The molecule has 0 amide bonds. The molecule has 0 radical (unpaired) electrons. The van der Waals surface area contributed by atoms with Crippen molar-refractivity contribution in [2.24, 2.45) is 4.99 Å². The summed E-state index contributed by atoms with van der Waals surface area (Å²) in [5.74, 6) is 0.481. The molecule has 0 aromatic heterocycles.